The number of carbonyl (C=O) groups is 1. The summed E-state index contributed by atoms with van der Waals surface area (Å²) in [4.78, 5) is 30.6. The summed E-state index contributed by atoms with van der Waals surface area (Å²) in [6.45, 7) is 7.16. The molecule has 3 N–H and O–H groups in total. The van der Waals surface area contributed by atoms with Crippen molar-refractivity contribution < 1.29 is 19.0 Å². The number of ether oxygens (including phenoxy) is 1. The average Bonchev–Trinajstić information content (AvgIpc) is 3.72. The highest BCUT2D eigenvalue weighted by atomic mass is 19.1. The van der Waals surface area contributed by atoms with Gasteiger partial charge in [0.1, 0.15) is 18.0 Å². The van der Waals surface area contributed by atoms with E-state index in [1.54, 1.807) is 35.2 Å². The number of anilines is 1. The smallest absolute Gasteiger partial charge is 0.258 e. The highest BCUT2D eigenvalue weighted by Gasteiger charge is 2.30. The van der Waals surface area contributed by atoms with Crippen molar-refractivity contribution in [2.24, 2.45) is 5.41 Å². The number of nitrogens with zero attached hydrogens (tertiary/aromatic N) is 3. The number of pyridine rings is 1. The van der Waals surface area contributed by atoms with Crippen molar-refractivity contribution in [3.63, 3.8) is 0 Å². The molecule has 1 aliphatic heterocycles. The van der Waals surface area contributed by atoms with Crippen LogP contribution >= 0.6 is 0 Å². The second-order valence-electron chi connectivity index (χ2n) is 12.4. The lowest BCUT2D eigenvalue weighted by atomic mass is 9.94. The molecule has 2 atom stereocenters. The lowest BCUT2D eigenvalue weighted by Crippen LogP contribution is -2.36. The van der Waals surface area contributed by atoms with Crippen molar-refractivity contribution in [3.8, 4) is 5.75 Å². The van der Waals surface area contributed by atoms with Gasteiger partial charge < -0.3 is 20.1 Å². The summed E-state index contributed by atoms with van der Waals surface area (Å²) in [5.74, 6) is 0.277. The van der Waals surface area contributed by atoms with Gasteiger partial charge in [0, 0.05) is 43.0 Å². The number of nitrogens with one attached hydrogen (secondary N) is 2. The van der Waals surface area contributed by atoms with Gasteiger partial charge >= 0.3 is 0 Å². The Kier molecular flexibility index (Phi) is 8.20. The standard InChI is InChI=1S/C34H36FN5O4/c1-34(2,20-39-11-10-25(35)19-39)21-44-27-8-9-28-23(12-27)13-29(31(28)41)30-14-26(16-36-33(30)43)38-32(42)24-15-37-40(18-24)17-22-6-4-3-5-7-22/h3-9,12-16,18,25,31,41H,10-11,17,19-21H2,1-2H3,(H,36,43)(H,38,42)/t25-,31?/m0/s1. The molecule has 2 aliphatic rings. The number of likely N-dealkylation sites (tertiary alicyclic amines) is 1. The molecule has 2 aromatic carbocycles. The number of amides is 1. The summed E-state index contributed by atoms with van der Waals surface area (Å²) in [7, 11) is 0. The molecule has 44 heavy (non-hydrogen) atoms. The molecule has 0 bridgehead atoms. The number of aromatic amines is 1. The van der Waals surface area contributed by atoms with E-state index in [1.165, 1.54) is 12.4 Å². The van der Waals surface area contributed by atoms with Crippen LogP contribution < -0.4 is 15.6 Å². The predicted octanol–water partition coefficient (Wildman–Crippen LogP) is 4.91. The van der Waals surface area contributed by atoms with Gasteiger partial charge in [0.25, 0.3) is 11.5 Å². The minimum atomic E-state index is -1.01. The molecule has 0 radical (unpaired) electrons. The van der Waals surface area contributed by atoms with Crippen molar-refractivity contribution in [1.29, 1.82) is 0 Å². The van der Waals surface area contributed by atoms with E-state index in [0.717, 1.165) is 24.2 Å². The molecule has 10 heteroatoms. The number of aliphatic hydroxyl groups is 1. The van der Waals surface area contributed by atoms with Crippen LogP contribution in [0.4, 0.5) is 10.1 Å². The molecule has 6 rings (SSSR count). The molecule has 1 saturated heterocycles. The lowest BCUT2D eigenvalue weighted by molar-refractivity contribution is 0.102. The van der Waals surface area contributed by atoms with Crippen LogP contribution in [0.3, 0.4) is 0 Å². The highest BCUT2D eigenvalue weighted by Crippen LogP contribution is 2.41. The maximum atomic E-state index is 13.6. The molecule has 2 aromatic heterocycles. The van der Waals surface area contributed by atoms with Crippen molar-refractivity contribution in [3.05, 3.63) is 111 Å². The monoisotopic (exact) mass is 597 g/mol. The zero-order valence-corrected chi connectivity index (χ0v) is 24.8. The summed E-state index contributed by atoms with van der Waals surface area (Å²) in [5, 5.41) is 18.2. The first kappa shape index (κ1) is 29.5. The van der Waals surface area contributed by atoms with Gasteiger partial charge in [-0.25, -0.2) is 4.39 Å². The van der Waals surface area contributed by atoms with Crippen LogP contribution in [0.25, 0.3) is 11.6 Å². The van der Waals surface area contributed by atoms with Gasteiger partial charge in [-0.15, -0.1) is 0 Å². The molecular formula is C34H36FN5O4. The molecule has 1 fully saturated rings. The predicted molar refractivity (Wildman–Crippen MR) is 167 cm³/mol. The molecule has 0 spiro atoms. The Labute approximate surface area is 255 Å². The largest absolute Gasteiger partial charge is 0.493 e. The topological polar surface area (TPSA) is 112 Å². The van der Waals surface area contributed by atoms with E-state index in [0.29, 0.717) is 54.3 Å². The number of fused-ring (bicyclic) bond motifs is 1. The first-order valence-electron chi connectivity index (χ1n) is 14.8. The van der Waals surface area contributed by atoms with Crippen molar-refractivity contribution >= 4 is 23.2 Å². The van der Waals surface area contributed by atoms with Crippen LogP contribution in [0, 0.1) is 5.41 Å². The van der Waals surface area contributed by atoms with E-state index in [1.807, 2.05) is 36.4 Å². The van der Waals surface area contributed by atoms with Crippen LogP contribution in [0.5, 0.6) is 5.75 Å². The van der Waals surface area contributed by atoms with Gasteiger partial charge in [0.2, 0.25) is 0 Å². The van der Waals surface area contributed by atoms with Crippen molar-refractivity contribution in [1.82, 2.24) is 19.7 Å². The van der Waals surface area contributed by atoms with Gasteiger partial charge in [0.05, 0.1) is 30.6 Å². The molecule has 1 aliphatic carbocycles. The number of carbonyl (C=O) groups excluding carboxylic acids is 1. The lowest BCUT2D eigenvalue weighted by Gasteiger charge is -2.30. The number of alkyl halides is 1. The summed E-state index contributed by atoms with van der Waals surface area (Å²) in [5.41, 5.74) is 3.37. The third-order valence-corrected chi connectivity index (χ3v) is 8.01. The number of H-pyrrole nitrogens is 1. The van der Waals surface area contributed by atoms with Gasteiger partial charge in [-0.2, -0.15) is 5.10 Å². The molecular weight excluding hydrogens is 561 g/mol. The maximum absolute atomic E-state index is 13.6. The zero-order valence-electron chi connectivity index (χ0n) is 24.8. The molecule has 0 saturated carbocycles. The molecule has 228 valence electrons. The van der Waals surface area contributed by atoms with Gasteiger partial charge in [-0.05, 0) is 53.0 Å². The number of rotatable bonds is 10. The molecule has 1 amide bonds. The Morgan fingerprint density at radius 3 is 2.80 bits per heavy atom. The minimum Gasteiger partial charge on any atom is -0.493 e. The van der Waals surface area contributed by atoms with Crippen LogP contribution in [-0.4, -0.2) is 63.1 Å². The Bertz CT molecular complexity index is 1750. The van der Waals surface area contributed by atoms with Crippen LogP contribution in [0.2, 0.25) is 0 Å². The van der Waals surface area contributed by atoms with E-state index in [-0.39, 0.29) is 22.4 Å². The fraction of sp³-hybridized carbons (Fsp3) is 0.324. The Hall–Kier alpha value is -4.54. The number of hydrogen-bond donors (Lipinski definition) is 3. The van der Waals surface area contributed by atoms with Crippen LogP contribution in [0.1, 0.15) is 59.0 Å². The number of hydrogen-bond acceptors (Lipinski definition) is 6. The number of benzene rings is 2. The highest BCUT2D eigenvalue weighted by molar-refractivity contribution is 6.04. The fourth-order valence-corrected chi connectivity index (χ4v) is 5.83. The Morgan fingerprint density at radius 2 is 2.02 bits per heavy atom. The van der Waals surface area contributed by atoms with E-state index in [9.17, 15) is 19.1 Å². The third kappa shape index (κ3) is 6.66. The van der Waals surface area contributed by atoms with E-state index in [2.05, 4.69) is 34.1 Å². The van der Waals surface area contributed by atoms with E-state index >= 15 is 0 Å². The summed E-state index contributed by atoms with van der Waals surface area (Å²) in [6.07, 6.45) is 5.18. The second kappa shape index (κ2) is 12.2. The summed E-state index contributed by atoms with van der Waals surface area (Å²) < 4.78 is 21.4. The Balaban J connectivity index is 1.13. The molecule has 1 unspecified atom stereocenters. The van der Waals surface area contributed by atoms with Gasteiger partial charge in [0.15, 0.2) is 0 Å². The number of halogens is 1. The third-order valence-electron chi connectivity index (χ3n) is 8.01. The molecule has 3 heterocycles. The average molecular weight is 598 g/mol. The fourth-order valence-electron chi connectivity index (χ4n) is 5.83. The SMILES string of the molecule is CC(C)(COc1ccc2c(c1)C=C(c1cc(NC(=O)c3cnn(Cc4ccccc4)c3)c[nH]c1=O)C2O)CN1CC[C@H](F)C1. The van der Waals surface area contributed by atoms with Gasteiger partial charge in [-0.1, -0.05) is 50.2 Å². The normalized spacial score (nSPS) is 18.2. The van der Waals surface area contributed by atoms with E-state index < -0.39 is 12.3 Å². The quantitative estimate of drug-likeness (QED) is 0.240. The summed E-state index contributed by atoms with van der Waals surface area (Å²) in [6, 6.07) is 16.8. The minimum absolute atomic E-state index is 0.178. The van der Waals surface area contributed by atoms with Crippen LogP contribution in [0.15, 0.2) is 78.0 Å². The summed E-state index contributed by atoms with van der Waals surface area (Å²) >= 11 is 0. The van der Waals surface area contributed by atoms with E-state index in [4.69, 9.17) is 4.74 Å². The van der Waals surface area contributed by atoms with Crippen LogP contribution in [-0.2, 0) is 6.54 Å². The van der Waals surface area contributed by atoms with Crippen molar-refractivity contribution in [2.75, 3.05) is 31.6 Å². The van der Waals surface area contributed by atoms with Gasteiger partial charge in [-0.3, -0.25) is 19.2 Å². The van der Waals surface area contributed by atoms with Crippen molar-refractivity contribution in [2.45, 2.75) is 39.1 Å². The second-order valence-corrected chi connectivity index (χ2v) is 12.4. The zero-order chi connectivity index (χ0) is 30.8. The first-order chi connectivity index (χ1) is 21.1. The number of aromatic nitrogens is 3. The first-order valence-corrected chi connectivity index (χ1v) is 14.8. The maximum Gasteiger partial charge on any atom is 0.258 e. The number of aliphatic hydroxyl groups excluding tert-OH is 1. The molecule has 4 aromatic rings. The molecule has 9 nitrogen and oxygen atoms in total. The Morgan fingerprint density at radius 1 is 1.20 bits per heavy atom.